The Hall–Kier alpha value is -1.66. The number of hydrogen-bond acceptors (Lipinski definition) is 5. The summed E-state index contributed by atoms with van der Waals surface area (Å²) in [6.07, 6.45) is 65.3. The summed E-state index contributed by atoms with van der Waals surface area (Å²) in [6, 6.07) is -0.703. The zero-order valence-corrected chi connectivity index (χ0v) is 45.3. The third-order valence-electron chi connectivity index (χ3n) is 14.0. The maximum absolute atomic E-state index is 13.3. The molecule has 0 aromatic carbocycles. The van der Waals surface area contributed by atoms with Gasteiger partial charge in [-0.2, -0.15) is 0 Å². The molecule has 6 heteroatoms. The Morgan fingerprint density at radius 1 is 0.418 bits per heavy atom. The number of ether oxygens (including phenoxy) is 1. The van der Waals surface area contributed by atoms with E-state index in [2.05, 4.69) is 50.4 Å². The molecular formula is C61H117NO5. The summed E-state index contributed by atoms with van der Waals surface area (Å²) < 4.78 is 5.96. The third kappa shape index (κ3) is 50.5. The number of aliphatic hydroxyl groups excluding tert-OH is 2. The largest absolute Gasteiger partial charge is 0.462 e. The lowest BCUT2D eigenvalue weighted by Gasteiger charge is -2.24. The zero-order valence-electron chi connectivity index (χ0n) is 45.3. The van der Waals surface area contributed by atoms with Gasteiger partial charge in [0.15, 0.2) is 0 Å². The molecule has 67 heavy (non-hydrogen) atoms. The highest BCUT2D eigenvalue weighted by atomic mass is 16.5. The molecule has 1 amide bonds. The predicted molar refractivity (Wildman–Crippen MR) is 292 cm³/mol. The van der Waals surface area contributed by atoms with Crippen LogP contribution in [0.5, 0.6) is 0 Å². The van der Waals surface area contributed by atoms with E-state index in [1.165, 1.54) is 225 Å². The summed E-state index contributed by atoms with van der Waals surface area (Å²) >= 11 is 0. The fourth-order valence-corrected chi connectivity index (χ4v) is 9.42. The lowest BCUT2D eigenvalue weighted by atomic mass is 10.0. The second kappa shape index (κ2) is 55.3. The maximum Gasteiger partial charge on any atom is 0.306 e. The molecule has 0 spiro atoms. The van der Waals surface area contributed by atoms with Crippen LogP contribution >= 0.6 is 0 Å². The van der Waals surface area contributed by atoms with E-state index in [1.54, 1.807) is 0 Å². The minimum absolute atomic E-state index is 0.0734. The lowest BCUT2D eigenvalue weighted by Crippen LogP contribution is -2.46. The number of esters is 1. The number of hydrogen-bond donors (Lipinski definition) is 3. The van der Waals surface area contributed by atoms with Gasteiger partial charge in [-0.1, -0.05) is 263 Å². The highest BCUT2D eigenvalue weighted by Crippen LogP contribution is 2.19. The van der Waals surface area contributed by atoms with Crippen LogP contribution in [-0.2, 0) is 14.3 Å². The zero-order chi connectivity index (χ0) is 48.8. The molecule has 0 fully saturated rings. The fourth-order valence-electron chi connectivity index (χ4n) is 9.42. The number of carbonyl (C=O) groups is 2. The Labute approximate surface area is 418 Å². The van der Waals surface area contributed by atoms with E-state index < -0.39 is 18.2 Å². The first-order valence-electron chi connectivity index (χ1n) is 30.1. The van der Waals surface area contributed by atoms with E-state index in [-0.39, 0.29) is 24.9 Å². The monoisotopic (exact) mass is 944 g/mol. The molecule has 0 aromatic heterocycles. The van der Waals surface area contributed by atoms with Crippen molar-refractivity contribution in [3.05, 3.63) is 24.3 Å². The molecule has 0 aliphatic heterocycles. The molecule has 0 aliphatic rings. The maximum atomic E-state index is 13.3. The molecule has 3 unspecified atom stereocenters. The second-order valence-electron chi connectivity index (χ2n) is 20.7. The van der Waals surface area contributed by atoms with E-state index in [0.29, 0.717) is 19.3 Å². The summed E-state index contributed by atoms with van der Waals surface area (Å²) in [5.74, 6) is -0.478. The molecule has 0 saturated heterocycles. The van der Waals surface area contributed by atoms with Crippen molar-refractivity contribution >= 4 is 11.9 Å². The van der Waals surface area contributed by atoms with Crippen LogP contribution in [0.25, 0.3) is 0 Å². The van der Waals surface area contributed by atoms with E-state index in [4.69, 9.17) is 4.74 Å². The van der Waals surface area contributed by atoms with E-state index >= 15 is 0 Å². The van der Waals surface area contributed by atoms with Crippen LogP contribution in [0.2, 0.25) is 0 Å². The Morgan fingerprint density at radius 2 is 0.716 bits per heavy atom. The van der Waals surface area contributed by atoms with Gasteiger partial charge >= 0.3 is 5.97 Å². The molecule has 6 nitrogen and oxygen atoms in total. The first kappa shape index (κ1) is 65.3. The van der Waals surface area contributed by atoms with Crippen molar-refractivity contribution in [2.24, 2.45) is 0 Å². The Balaban J connectivity index is 4.53. The van der Waals surface area contributed by atoms with Crippen molar-refractivity contribution < 1.29 is 24.5 Å². The third-order valence-corrected chi connectivity index (χ3v) is 14.0. The van der Waals surface area contributed by atoms with Crippen molar-refractivity contribution in [2.75, 3.05) is 6.61 Å². The summed E-state index contributed by atoms with van der Waals surface area (Å²) in [5, 5.41) is 23.9. The standard InChI is InChI=1S/C61H117NO5/c1-4-7-10-13-16-19-22-25-28-30-32-34-37-40-43-46-49-52-57(67-61(66)54-51-48-45-42-39-36-27-24-21-18-15-12-9-6-3)55-60(65)62-58(56-63)59(64)53-50-47-44-41-38-35-33-31-29-26-23-20-17-14-11-8-5-2/h25,28,36,39,57-59,63-64H,4-24,26-27,29-35,37-38,40-56H2,1-3H3,(H,62,65)/b28-25+,39-36-. The second-order valence-corrected chi connectivity index (χ2v) is 20.7. The van der Waals surface area contributed by atoms with Crippen molar-refractivity contribution in [1.82, 2.24) is 5.32 Å². The number of amides is 1. The molecule has 0 saturated carbocycles. The van der Waals surface area contributed by atoms with Gasteiger partial charge in [0, 0.05) is 6.42 Å². The van der Waals surface area contributed by atoms with Gasteiger partial charge < -0.3 is 20.3 Å². The molecule has 0 bridgehead atoms. The number of allylic oxidation sites excluding steroid dienone is 4. The summed E-state index contributed by atoms with van der Waals surface area (Å²) in [6.45, 7) is 6.52. The highest BCUT2D eigenvalue weighted by Gasteiger charge is 2.24. The van der Waals surface area contributed by atoms with Crippen molar-refractivity contribution in [3.8, 4) is 0 Å². The van der Waals surface area contributed by atoms with Gasteiger partial charge in [-0.05, 0) is 77.0 Å². The highest BCUT2D eigenvalue weighted by molar-refractivity contribution is 5.77. The van der Waals surface area contributed by atoms with E-state index in [1.807, 2.05) is 0 Å². The van der Waals surface area contributed by atoms with Gasteiger partial charge in [-0.25, -0.2) is 0 Å². The molecule has 3 atom stereocenters. The molecule has 0 rings (SSSR count). The van der Waals surface area contributed by atoms with Crippen LogP contribution in [0.15, 0.2) is 24.3 Å². The van der Waals surface area contributed by atoms with Crippen LogP contribution in [0.1, 0.15) is 329 Å². The predicted octanol–water partition coefficient (Wildman–Crippen LogP) is 18.6. The fraction of sp³-hybridized carbons (Fsp3) is 0.902. The lowest BCUT2D eigenvalue weighted by molar-refractivity contribution is -0.151. The minimum Gasteiger partial charge on any atom is -0.462 e. The van der Waals surface area contributed by atoms with Gasteiger partial charge in [0.1, 0.15) is 6.10 Å². The number of aliphatic hydroxyl groups is 2. The van der Waals surface area contributed by atoms with Crippen LogP contribution in [-0.4, -0.2) is 46.9 Å². The van der Waals surface area contributed by atoms with Gasteiger partial charge in [0.2, 0.25) is 5.91 Å². The molecule has 0 aliphatic carbocycles. The summed E-state index contributed by atoms with van der Waals surface area (Å²) in [5.41, 5.74) is 0. The molecule has 0 aromatic rings. The average molecular weight is 945 g/mol. The van der Waals surface area contributed by atoms with Gasteiger partial charge in [-0.3, -0.25) is 9.59 Å². The molecule has 0 radical (unpaired) electrons. The quantitative estimate of drug-likeness (QED) is 0.0321. The number of nitrogens with one attached hydrogen (secondary N) is 1. The smallest absolute Gasteiger partial charge is 0.306 e. The normalized spacial score (nSPS) is 13.2. The minimum atomic E-state index is -0.789. The number of unbranched alkanes of at least 4 members (excludes halogenated alkanes) is 39. The van der Waals surface area contributed by atoms with Crippen LogP contribution in [0.4, 0.5) is 0 Å². The molecule has 0 heterocycles. The first-order chi connectivity index (χ1) is 33.0. The topological polar surface area (TPSA) is 95.9 Å². The average Bonchev–Trinajstić information content (AvgIpc) is 3.32. The summed E-state index contributed by atoms with van der Waals surface area (Å²) in [7, 11) is 0. The van der Waals surface area contributed by atoms with Crippen LogP contribution in [0, 0.1) is 0 Å². The van der Waals surface area contributed by atoms with E-state index in [9.17, 15) is 19.8 Å². The van der Waals surface area contributed by atoms with Crippen LogP contribution in [0.3, 0.4) is 0 Å². The number of rotatable bonds is 55. The summed E-state index contributed by atoms with van der Waals surface area (Å²) in [4.78, 5) is 26.3. The Bertz CT molecular complexity index is 1060. The van der Waals surface area contributed by atoms with Crippen LogP contribution < -0.4 is 5.32 Å². The Kier molecular flexibility index (Phi) is 53.9. The Morgan fingerprint density at radius 3 is 1.06 bits per heavy atom. The van der Waals surface area contributed by atoms with Crippen molar-refractivity contribution in [3.63, 3.8) is 0 Å². The first-order valence-corrected chi connectivity index (χ1v) is 30.1. The molecule has 3 N–H and O–H groups in total. The number of carbonyl (C=O) groups excluding carboxylic acids is 2. The van der Waals surface area contributed by atoms with E-state index in [0.717, 1.165) is 57.8 Å². The van der Waals surface area contributed by atoms with Crippen molar-refractivity contribution in [2.45, 2.75) is 347 Å². The van der Waals surface area contributed by atoms with Gasteiger partial charge in [-0.15, -0.1) is 0 Å². The SMILES string of the molecule is CCCCCCCC/C=C/CCCCCCCCCC(CC(=O)NC(CO)C(O)CCCCCCCCCCCCCCCCCCC)OC(=O)CCCCC/C=C\CCCCCCCCC. The van der Waals surface area contributed by atoms with Gasteiger partial charge in [0.05, 0.1) is 25.2 Å². The molecular weight excluding hydrogens is 827 g/mol. The van der Waals surface area contributed by atoms with Gasteiger partial charge in [0.25, 0.3) is 0 Å². The van der Waals surface area contributed by atoms with Crippen molar-refractivity contribution in [1.29, 1.82) is 0 Å². The molecule has 396 valence electrons.